The minimum Gasteiger partial charge on any atom is -0.494 e. The van der Waals surface area contributed by atoms with Gasteiger partial charge < -0.3 is 13.9 Å². The average Bonchev–Trinajstić information content (AvgIpc) is 3.36. The van der Waals surface area contributed by atoms with Crippen molar-refractivity contribution in [3.8, 4) is 28.4 Å². The van der Waals surface area contributed by atoms with Gasteiger partial charge in [0, 0.05) is 30.5 Å². The number of halogens is 1. The molecule has 0 fully saturated rings. The number of fused-ring (bicyclic) bond motifs is 1. The maximum atomic E-state index is 5.58. The Morgan fingerprint density at radius 2 is 1.71 bits per heavy atom. The van der Waals surface area contributed by atoms with Crippen molar-refractivity contribution in [2.75, 3.05) is 6.61 Å². The van der Waals surface area contributed by atoms with E-state index in [1.165, 1.54) is 30.5 Å². The van der Waals surface area contributed by atoms with Crippen LogP contribution in [0.2, 0.25) is 0 Å². The molecule has 0 radical (unpaired) electrons. The molecular formula is C26H30BrN5OS. The first kappa shape index (κ1) is 24.4. The number of ether oxygens (including phenoxy) is 1. The van der Waals surface area contributed by atoms with Gasteiger partial charge in [0.2, 0.25) is 0 Å². The fourth-order valence-electron chi connectivity index (χ4n) is 4.34. The molecule has 0 saturated carbocycles. The lowest BCUT2D eigenvalue weighted by atomic mass is 10.1. The van der Waals surface area contributed by atoms with Gasteiger partial charge in [-0.05, 0) is 80.8 Å². The summed E-state index contributed by atoms with van der Waals surface area (Å²) < 4.78 is 10.1. The molecule has 3 heterocycles. The van der Waals surface area contributed by atoms with Gasteiger partial charge in [0.1, 0.15) is 11.6 Å². The number of nitrogens with zero attached hydrogens (tertiary/aromatic N) is 5. The molecule has 1 aliphatic rings. The molecule has 0 unspecified atom stereocenters. The van der Waals surface area contributed by atoms with Crippen LogP contribution in [0.3, 0.4) is 0 Å². The largest absolute Gasteiger partial charge is 0.494 e. The van der Waals surface area contributed by atoms with Gasteiger partial charge in [-0.25, -0.2) is 4.99 Å². The van der Waals surface area contributed by atoms with Gasteiger partial charge in [-0.3, -0.25) is 0 Å². The zero-order chi connectivity index (χ0) is 22.6. The summed E-state index contributed by atoms with van der Waals surface area (Å²) in [5, 5.41) is 11.1. The van der Waals surface area contributed by atoms with E-state index < -0.39 is 0 Å². The first-order chi connectivity index (χ1) is 16.3. The van der Waals surface area contributed by atoms with Crippen LogP contribution in [0.5, 0.6) is 5.75 Å². The van der Waals surface area contributed by atoms with Crippen LogP contribution >= 0.6 is 28.3 Å². The molecule has 2 aromatic heterocycles. The smallest absolute Gasteiger partial charge is 0.190 e. The van der Waals surface area contributed by atoms with E-state index in [9.17, 15) is 0 Å². The summed E-state index contributed by atoms with van der Waals surface area (Å²) in [5.41, 5.74) is 4.38. The predicted molar refractivity (Wildman–Crippen MR) is 143 cm³/mol. The second-order valence-electron chi connectivity index (χ2n) is 8.17. The highest BCUT2D eigenvalue weighted by Gasteiger charge is 2.16. The van der Waals surface area contributed by atoms with Gasteiger partial charge in [0.25, 0.3) is 0 Å². The zero-order valence-electron chi connectivity index (χ0n) is 19.6. The van der Waals surface area contributed by atoms with Crippen LogP contribution in [0.25, 0.3) is 22.6 Å². The number of hydrogen-bond donors (Lipinski definition) is 0. The number of rotatable bonds is 6. The van der Waals surface area contributed by atoms with Crippen molar-refractivity contribution in [1.29, 1.82) is 0 Å². The molecule has 0 N–H and O–H groups in total. The summed E-state index contributed by atoms with van der Waals surface area (Å²) in [6.07, 6.45) is 4.67. The van der Waals surface area contributed by atoms with Crippen molar-refractivity contribution in [3.63, 3.8) is 0 Å². The van der Waals surface area contributed by atoms with E-state index in [-0.39, 0.29) is 17.0 Å². The summed E-state index contributed by atoms with van der Waals surface area (Å²) in [5.74, 6) is 2.98. The van der Waals surface area contributed by atoms with E-state index in [1.807, 2.05) is 19.1 Å². The second-order valence-corrected chi connectivity index (χ2v) is 9.00. The van der Waals surface area contributed by atoms with Crippen LogP contribution in [0.1, 0.15) is 38.9 Å². The Morgan fingerprint density at radius 1 is 0.941 bits per heavy atom. The van der Waals surface area contributed by atoms with Gasteiger partial charge in [0.15, 0.2) is 10.6 Å². The van der Waals surface area contributed by atoms with Gasteiger partial charge in [-0.2, -0.15) is 0 Å². The first-order valence-corrected chi connectivity index (χ1v) is 12.6. The molecule has 8 heteroatoms. The van der Waals surface area contributed by atoms with Crippen LogP contribution in [0, 0.1) is 0 Å². The highest BCUT2D eigenvalue weighted by molar-refractivity contribution is 8.93. The van der Waals surface area contributed by atoms with Crippen molar-refractivity contribution >= 4 is 34.0 Å². The lowest BCUT2D eigenvalue weighted by Crippen LogP contribution is -2.14. The molecule has 2 aromatic carbocycles. The fraction of sp³-hybridized carbons (Fsp3) is 0.346. The molecule has 0 atom stereocenters. The molecule has 34 heavy (non-hydrogen) atoms. The molecule has 178 valence electrons. The Kier molecular flexibility index (Phi) is 8.00. The first-order valence-electron chi connectivity index (χ1n) is 11.8. The van der Waals surface area contributed by atoms with Gasteiger partial charge in [-0.1, -0.05) is 6.42 Å². The lowest BCUT2D eigenvalue weighted by molar-refractivity contribution is 0.340. The quantitative estimate of drug-likeness (QED) is 0.283. The minimum absolute atomic E-state index is 0. The summed E-state index contributed by atoms with van der Waals surface area (Å²) >= 11 is 1.67. The maximum Gasteiger partial charge on any atom is 0.190 e. The Bertz CT molecular complexity index is 1290. The van der Waals surface area contributed by atoms with E-state index in [2.05, 4.69) is 68.0 Å². The molecule has 0 saturated heterocycles. The standard InChI is InChI=1S/C26H29N5OS.BrH/c1-3-30-23(19-11-15-22(16-12-19)32-4-2)18-33-26(30)27-21-13-9-20(10-14-21)25-29-28-24-8-6-5-7-17-31(24)25;/h9-16,18H,3-8,17H2,1-2H3;1H. The van der Waals surface area contributed by atoms with Crippen molar-refractivity contribution in [1.82, 2.24) is 19.3 Å². The summed E-state index contributed by atoms with van der Waals surface area (Å²) in [6.45, 7) is 6.69. The molecule has 0 spiro atoms. The van der Waals surface area contributed by atoms with Crippen molar-refractivity contribution < 1.29 is 4.74 Å². The third-order valence-electron chi connectivity index (χ3n) is 6.03. The molecule has 4 aromatic rings. The average molecular weight is 541 g/mol. The molecule has 5 rings (SSSR count). The van der Waals surface area contributed by atoms with E-state index in [0.717, 1.165) is 53.0 Å². The Hall–Kier alpha value is -2.71. The van der Waals surface area contributed by atoms with E-state index in [1.54, 1.807) is 11.3 Å². The van der Waals surface area contributed by atoms with Crippen molar-refractivity contribution in [2.24, 2.45) is 4.99 Å². The highest BCUT2D eigenvalue weighted by atomic mass is 79.9. The van der Waals surface area contributed by atoms with E-state index in [0.29, 0.717) is 6.61 Å². The topological polar surface area (TPSA) is 57.2 Å². The zero-order valence-corrected chi connectivity index (χ0v) is 22.1. The fourth-order valence-corrected chi connectivity index (χ4v) is 5.33. The number of aromatic nitrogens is 4. The highest BCUT2D eigenvalue weighted by Crippen LogP contribution is 2.26. The predicted octanol–water partition coefficient (Wildman–Crippen LogP) is 6.43. The molecular weight excluding hydrogens is 510 g/mol. The van der Waals surface area contributed by atoms with Crippen LogP contribution in [0.15, 0.2) is 58.9 Å². The third kappa shape index (κ3) is 5.03. The van der Waals surface area contributed by atoms with E-state index >= 15 is 0 Å². The Labute approximate surface area is 214 Å². The normalized spacial score (nSPS) is 13.8. The third-order valence-corrected chi connectivity index (χ3v) is 6.90. The molecule has 0 bridgehead atoms. The molecule has 0 amide bonds. The minimum atomic E-state index is 0. The Morgan fingerprint density at radius 3 is 2.44 bits per heavy atom. The summed E-state index contributed by atoms with van der Waals surface area (Å²) in [4.78, 5) is 5.94. The number of benzene rings is 2. The second kappa shape index (κ2) is 11.1. The van der Waals surface area contributed by atoms with Crippen LogP contribution in [-0.4, -0.2) is 25.9 Å². The Balaban J connectivity index is 0.00000274. The van der Waals surface area contributed by atoms with Crippen LogP contribution in [-0.2, 0) is 19.5 Å². The number of aryl methyl sites for hydroxylation is 1. The molecule has 0 aliphatic carbocycles. The van der Waals surface area contributed by atoms with Crippen molar-refractivity contribution in [3.05, 3.63) is 64.5 Å². The maximum absolute atomic E-state index is 5.58. The van der Waals surface area contributed by atoms with Gasteiger partial charge >= 0.3 is 0 Å². The van der Waals surface area contributed by atoms with Crippen molar-refractivity contribution in [2.45, 2.75) is 52.6 Å². The summed E-state index contributed by atoms with van der Waals surface area (Å²) in [6, 6.07) is 16.6. The molecule has 6 nitrogen and oxygen atoms in total. The van der Waals surface area contributed by atoms with Gasteiger partial charge in [-0.15, -0.1) is 38.5 Å². The van der Waals surface area contributed by atoms with Crippen LogP contribution < -0.4 is 9.54 Å². The molecule has 1 aliphatic heterocycles. The monoisotopic (exact) mass is 539 g/mol. The number of hydrogen-bond acceptors (Lipinski definition) is 5. The van der Waals surface area contributed by atoms with Gasteiger partial charge in [0.05, 0.1) is 18.0 Å². The number of thiazole rings is 1. The summed E-state index contributed by atoms with van der Waals surface area (Å²) in [7, 11) is 0. The lowest BCUT2D eigenvalue weighted by Gasteiger charge is -2.08. The van der Waals surface area contributed by atoms with Crippen LogP contribution in [0.4, 0.5) is 5.69 Å². The SMILES string of the molecule is Br.CCOc1ccc(-c2csc(=Nc3ccc(-c4nnc5n4CCCCC5)cc3)n2CC)cc1. The van der Waals surface area contributed by atoms with E-state index in [4.69, 9.17) is 9.73 Å².